The number of hydrogen-bond acceptors (Lipinski definition) is 4. The van der Waals surface area contributed by atoms with E-state index in [4.69, 9.17) is 0 Å². The van der Waals surface area contributed by atoms with Crippen LogP contribution < -0.4 is 15.6 Å². The molecule has 2 aromatic carbocycles. The zero-order valence-corrected chi connectivity index (χ0v) is 18.1. The number of hydrazine groups is 1. The zero-order valence-electron chi connectivity index (χ0n) is 15.7. The Kier molecular flexibility index (Phi) is 6.84. The standard InChI is InChI=1S/C19H22BrN3O4S/c1-19(2,3)12-17(24)21-22-18(25)13-4-8-15(9-5-13)23-28(26,27)16-10-6-14(20)7-11-16/h4-11,23H,12H2,1-3H3,(H,21,24)(H,22,25). The van der Waals surface area contributed by atoms with E-state index in [1.54, 1.807) is 12.1 Å². The number of sulfonamides is 1. The van der Waals surface area contributed by atoms with Crippen molar-refractivity contribution >= 4 is 43.5 Å². The molecule has 0 atom stereocenters. The molecule has 0 saturated heterocycles. The van der Waals surface area contributed by atoms with Crippen molar-refractivity contribution in [3.05, 3.63) is 58.6 Å². The van der Waals surface area contributed by atoms with Crippen molar-refractivity contribution in [3.8, 4) is 0 Å². The molecule has 2 rings (SSSR count). The number of benzene rings is 2. The molecular formula is C19H22BrN3O4S. The summed E-state index contributed by atoms with van der Waals surface area (Å²) in [5.41, 5.74) is 5.11. The minimum absolute atomic E-state index is 0.124. The van der Waals surface area contributed by atoms with Crippen LogP contribution in [-0.4, -0.2) is 20.2 Å². The van der Waals surface area contributed by atoms with Gasteiger partial charge in [0.15, 0.2) is 0 Å². The molecule has 0 aliphatic rings. The van der Waals surface area contributed by atoms with Crippen LogP contribution in [-0.2, 0) is 14.8 Å². The summed E-state index contributed by atoms with van der Waals surface area (Å²) in [6.45, 7) is 5.76. The highest BCUT2D eigenvalue weighted by molar-refractivity contribution is 9.10. The number of carbonyl (C=O) groups is 2. The normalized spacial score (nSPS) is 11.6. The highest BCUT2D eigenvalue weighted by atomic mass is 79.9. The Bertz CT molecular complexity index is 950. The van der Waals surface area contributed by atoms with Crippen LogP contribution in [0, 0.1) is 5.41 Å². The van der Waals surface area contributed by atoms with Crippen molar-refractivity contribution in [2.75, 3.05) is 4.72 Å². The zero-order chi connectivity index (χ0) is 20.9. The van der Waals surface area contributed by atoms with Gasteiger partial charge >= 0.3 is 0 Å². The Labute approximate surface area is 173 Å². The average Bonchev–Trinajstić information content (AvgIpc) is 2.59. The predicted molar refractivity (Wildman–Crippen MR) is 111 cm³/mol. The molecule has 0 unspecified atom stereocenters. The molecule has 0 aliphatic heterocycles. The van der Waals surface area contributed by atoms with Crippen LogP contribution in [0.3, 0.4) is 0 Å². The highest BCUT2D eigenvalue weighted by Crippen LogP contribution is 2.19. The second-order valence-corrected chi connectivity index (χ2v) is 9.97. The molecule has 9 heteroatoms. The molecule has 0 aromatic heterocycles. The van der Waals surface area contributed by atoms with Gasteiger partial charge in [-0.3, -0.25) is 25.2 Å². The number of hydrogen-bond donors (Lipinski definition) is 3. The lowest BCUT2D eigenvalue weighted by Crippen LogP contribution is -2.42. The summed E-state index contributed by atoms with van der Waals surface area (Å²) < 4.78 is 28.0. The first-order chi connectivity index (χ1) is 13.0. The molecule has 0 bridgehead atoms. The number of halogens is 1. The van der Waals surface area contributed by atoms with Gasteiger partial charge in [-0.2, -0.15) is 0 Å². The van der Waals surface area contributed by atoms with Gasteiger partial charge in [0.1, 0.15) is 0 Å². The van der Waals surface area contributed by atoms with Gasteiger partial charge in [0.25, 0.3) is 15.9 Å². The molecule has 2 aromatic rings. The maximum absolute atomic E-state index is 12.4. The van der Waals surface area contributed by atoms with E-state index in [1.165, 1.54) is 36.4 Å². The van der Waals surface area contributed by atoms with Crippen LogP contribution in [0.4, 0.5) is 5.69 Å². The Morgan fingerprint density at radius 1 is 0.929 bits per heavy atom. The third-order valence-corrected chi connectivity index (χ3v) is 5.46. The molecule has 0 fully saturated rings. The van der Waals surface area contributed by atoms with Gasteiger partial charge in [-0.25, -0.2) is 8.42 Å². The Morgan fingerprint density at radius 2 is 1.50 bits per heavy atom. The second-order valence-electron chi connectivity index (χ2n) is 7.38. The fourth-order valence-electron chi connectivity index (χ4n) is 2.24. The molecule has 2 amide bonds. The van der Waals surface area contributed by atoms with Crippen molar-refractivity contribution in [1.29, 1.82) is 0 Å². The lowest BCUT2D eigenvalue weighted by molar-refractivity contribution is -0.123. The number of rotatable bonds is 5. The molecule has 150 valence electrons. The van der Waals surface area contributed by atoms with Crippen LogP contribution in [0.15, 0.2) is 57.9 Å². The van der Waals surface area contributed by atoms with E-state index in [0.29, 0.717) is 5.69 Å². The molecule has 0 aliphatic carbocycles. The van der Waals surface area contributed by atoms with E-state index in [0.717, 1.165) is 4.47 Å². The van der Waals surface area contributed by atoms with E-state index < -0.39 is 15.9 Å². The van der Waals surface area contributed by atoms with Gasteiger partial charge in [-0.1, -0.05) is 36.7 Å². The number of anilines is 1. The van der Waals surface area contributed by atoms with Crippen molar-refractivity contribution in [3.63, 3.8) is 0 Å². The van der Waals surface area contributed by atoms with Crippen molar-refractivity contribution < 1.29 is 18.0 Å². The van der Waals surface area contributed by atoms with Gasteiger partial charge in [0.05, 0.1) is 4.90 Å². The summed E-state index contributed by atoms with van der Waals surface area (Å²) in [6.07, 6.45) is 0.268. The van der Waals surface area contributed by atoms with E-state index in [9.17, 15) is 18.0 Å². The number of carbonyl (C=O) groups excluding carboxylic acids is 2. The lowest BCUT2D eigenvalue weighted by Gasteiger charge is -2.17. The average molecular weight is 468 g/mol. The lowest BCUT2D eigenvalue weighted by atomic mass is 9.92. The Balaban J connectivity index is 1.98. The van der Waals surface area contributed by atoms with E-state index in [2.05, 4.69) is 31.5 Å². The minimum atomic E-state index is -3.73. The minimum Gasteiger partial charge on any atom is -0.280 e. The molecule has 0 radical (unpaired) electrons. The first-order valence-corrected chi connectivity index (χ1v) is 10.7. The second kappa shape index (κ2) is 8.74. The van der Waals surface area contributed by atoms with E-state index in [1.807, 2.05) is 20.8 Å². The van der Waals surface area contributed by atoms with Crippen molar-refractivity contribution in [2.45, 2.75) is 32.1 Å². The fourth-order valence-corrected chi connectivity index (χ4v) is 3.56. The molecular weight excluding hydrogens is 446 g/mol. The van der Waals surface area contributed by atoms with Gasteiger partial charge in [-0.15, -0.1) is 0 Å². The molecule has 0 spiro atoms. The molecule has 0 heterocycles. The van der Waals surface area contributed by atoms with Crippen LogP contribution in [0.25, 0.3) is 0 Å². The topological polar surface area (TPSA) is 104 Å². The third kappa shape index (κ3) is 6.65. The number of amides is 2. The van der Waals surface area contributed by atoms with Crippen LogP contribution in [0.5, 0.6) is 0 Å². The van der Waals surface area contributed by atoms with Crippen LogP contribution >= 0.6 is 15.9 Å². The van der Waals surface area contributed by atoms with Crippen molar-refractivity contribution in [2.24, 2.45) is 5.41 Å². The monoisotopic (exact) mass is 467 g/mol. The maximum Gasteiger partial charge on any atom is 0.269 e. The summed E-state index contributed by atoms with van der Waals surface area (Å²) in [5.74, 6) is -0.788. The summed E-state index contributed by atoms with van der Waals surface area (Å²) >= 11 is 3.26. The Hall–Kier alpha value is -2.39. The van der Waals surface area contributed by atoms with E-state index in [-0.39, 0.29) is 28.2 Å². The number of nitrogens with one attached hydrogen (secondary N) is 3. The summed E-state index contributed by atoms with van der Waals surface area (Å²) in [5, 5.41) is 0. The third-order valence-electron chi connectivity index (χ3n) is 3.53. The van der Waals surface area contributed by atoms with E-state index >= 15 is 0 Å². The smallest absolute Gasteiger partial charge is 0.269 e. The predicted octanol–water partition coefficient (Wildman–Crippen LogP) is 3.45. The van der Waals surface area contributed by atoms with Crippen molar-refractivity contribution in [1.82, 2.24) is 10.9 Å². The van der Waals surface area contributed by atoms with Gasteiger partial charge in [-0.05, 0) is 53.9 Å². The first-order valence-electron chi connectivity index (χ1n) is 8.44. The van der Waals surface area contributed by atoms with Gasteiger partial charge in [0.2, 0.25) is 5.91 Å². The summed E-state index contributed by atoms with van der Waals surface area (Å²) in [6, 6.07) is 12.1. The highest BCUT2D eigenvalue weighted by Gasteiger charge is 2.17. The van der Waals surface area contributed by atoms with Gasteiger partial charge < -0.3 is 0 Å². The summed E-state index contributed by atoms with van der Waals surface area (Å²) in [7, 11) is -3.73. The van der Waals surface area contributed by atoms with Gasteiger partial charge in [0, 0.05) is 22.1 Å². The van der Waals surface area contributed by atoms with Crippen LogP contribution in [0.2, 0.25) is 0 Å². The molecule has 0 saturated carbocycles. The molecule has 28 heavy (non-hydrogen) atoms. The molecule has 7 nitrogen and oxygen atoms in total. The SMILES string of the molecule is CC(C)(C)CC(=O)NNC(=O)c1ccc(NS(=O)(=O)c2ccc(Br)cc2)cc1. The quantitative estimate of drug-likeness (QED) is 0.585. The fraction of sp³-hybridized carbons (Fsp3) is 0.263. The summed E-state index contributed by atoms with van der Waals surface area (Å²) in [4.78, 5) is 24.0. The maximum atomic E-state index is 12.4. The molecule has 3 N–H and O–H groups in total. The van der Waals surface area contributed by atoms with Crippen LogP contribution in [0.1, 0.15) is 37.6 Å². The largest absolute Gasteiger partial charge is 0.280 e. The first kappa shape index (κ1) is 21.9. The Morgan fingerprint density at radius 3 is 2.04 bits per heavy atom.